The number of carbonyl (C=O) groups excluding carboxylic acids is 1. The zero-order valence-corrected chi connectivity index (χ0v) is 9.95. The van der Waals surface area contributed by atoms with Crippen LogP contribution in [0.4, 0.5) is 0 Å². The minimum Gasteiger partial charge on any atom is -0.392 e. The normalized spacial score (nSPS) is 12.1. The van der Waals surface area contributed by atoms with Crippen molar-refractivity contribution in [1.29, 1.82) is 0 Å². The number of nitrogens with zero attached hydrogens (tertiary/aromatic N) is 3. The van der Waals surface area contributed by atoms with Gasteiger partial charge in [0.1, 0.15) is 0 Å². The van der Waals surface area contributed by atoms with Crippen molar-refractivity contribution in [1.82, 2.24) is 20.3 Å². The van der Waals surface area contributed by atoms with Crippen LogP contribution in [0, 0.1) is 0 Å². The summed E-state index contributed by atoms with van der Waals surface area (Å²) in [6.45, 7) is 1.85. The molecule has 2 aromatic rings. The zero-order valence-electron chi connectivity index (χ0n) is 9.95. The van der Waals surface area contributed by atoms with Crippen molar-refractivity contribution in [2.45, 2.75) is 13.0 Å². The average molecular weight is 246 g/mol. The van der Waals surface area contributed by atoms with Gasteiger partial charge >= 0.3 is 0 Å². The van der Waals surface area contributed by atoms with Crippen molar-refractivity contribution < 1.29 is 9.90 Å². The molecular formula is C12H14N4O2. The molecule has 6 nitrogen and oxygen atoms in total. The Morgan fingerprint density at radius 3 is 3.06 bits per heavy atom. The van der Waals surface area contributed by atoms with E-state index in [4.69, 9.17) is 5.11 Å². The van der Waals surface area contributed by atoms with Gasteiger partial charge in [-0.25, -0.2) is 4.68 Å². The molecule has 0 fully saturated rings. The summed E-state index contributed by atoms with van der Waals surface area (Å²) in [4.78, 5) is 11.8. The van der Waals surface area contributed by atoms with Gasteiger partial charge in [-0.2, -0.15) is 0 Å². The molecule has 18 heavy (non-hydrogen) atoms. The maximum Gasteiger partial charge on any atom is 0.251 e. The summed E-state index contributed by atoms with van der Waals surface area (Å²) in [6, 6.07) is 7.03. The summed E-state index contributed by atoms with van der Waals surface area (Å²) in [5.74, 6) is -0.224. The molecule has 0 radical (unpaired) electrons. The summed E-state index contributed by atoms with van der Waals surface area (Å²) in [6.07, 6.45) is 2.71. The number of aromatic nitrogens is 3. The van der Waals surface area contributed by atoms with Crippen molar-refractivity contribution in [2.24, 2.45) is 0 Å². The number of hydrogen-bond acceptors (Lipinski definition) is 4. The molecule has 0 bridgehead atoms. The van der Waals surface area contributed by atoms with Crippen LogP contribution in [-0.4, -0.2) is 38.7 Å². The molecule has 2 N–H and O–H groups in total. The van der Waals surface area contributed by atoms with Gasteiger partial charge in [0.2, 0.25) is 0 Å². The molecule has 0 aliphatic heterocycles. The van der Waals surface area contributed by atoms with E-state index in [-0.39, 0.29) is 12.5 Å². The molecule has 6 heteroatoms. The molecule has 1 atom stereocenters. The Morgan fingerprint density at radius 2 is 2.39 bits per heavy atom. The monoisotopic (exact) mass is 246 g/mol. The molecule has 0 aliphatic rings. The molecule has 1 heterocycles. The summed E-state index contributed by atoms with van der Waals surface area (Å²) in [5, 5.41) is 19.3. The molecular weight excluding hydrogens is 232 g/mol. The molecule has 1 aromatic heterocycles. The molecule has 94 valence electrons. The highest BCUT2D eigenvalue weighted by Crippen LogP contribution is 2.08. The van der Waals surface area contributed by atoms with Gasteiger partial charge in [0.25, 0.3) is 5.91 Å². The number of aliphatic hydroxyl groups is 1. The van der Waals surface area contributed by atoms with Crippen LogP contribution in [-0.2, 0) is 0 Å². The number of benzene rings is 1. The number of aliphatic hydroxyl groups excluding tert-OH is 1. The Kier molecular flexibility index (Phi) is 3.69. The summed E-state index contributed by atoms with van der Waals surface area (Å²) in [7, 11) is 0. The fraction of sp³-hybridized carbons (Fsp3) is 0.250. The largest absolute Gasteiger partial charge is 0.392 e. The predicted octanol–water partition coefficient (Wildman–Crippen LogP) is 0.378. The first-order valence-corrected chi connectivity index (χ1v) is 5.60. The first-order chi connectivity index (χ1) is 8.66. The van der Waals surface area contributed by atoms with Crippen LogP contribution in [0.2, 0.25) is 0 Å². The van der Waals surface area contributed by atoms with E-state index >= 15 is 0 Å². The fourth-order valence-corrected chi connectivity index (χ4v) is 1.48. The van der Waals surface area contributed by atoms with Gasteiger partial charge in [-0.3, -0.25) is 4.79 Å². The predicted molar refractivity (Wildman–Crippen MR) is 65.4 cm³/mol. The second-order valence-electron chi connectivity index (χ2n) is 3.96. The minimum atomic E-state index is -0.563. The van der Waals surface area contributed by atoms with Gasteiger partial charge in [0.05, 0.1) is 24.2 Å². The fourth-order valence-electron chi connectivity index (χ4n) is 1.48. The quantitative estimate of drug-likeness (QED) is 0.817. The molecule has 0 spiro atoms. The molecule has 1 amide bonds. The van der Waals surface area contributed by atoms with Crippen LogP contribution in [0.5, 0.6) is 0 Å². The first kappa shape index (κ1) is 12.3. The third-order valence-corrected chi connectivity index (χ3v) is 2.35. The van der Waals surface area contributed by atoms with E-state index in [2.05, 4.69) is 15.6 Å². The van der Waals surface area contributed by atoms with Crippen LogP contribution < -0.4 is 5.32 Å². The molecule has 2 rings (SSSR count). The lowest BCUT2D eigenvalue weighted by molar-refractivity contribution is 0.0924. The average Bonchev–Trinajstić information content (AvgIpc) is 2.90. The van der Waals surface area contributed by atoms with Crippen LogP contribution in [0.3, 0.4) is 0 Å². The number of carbonyl (C=O) groups is 1. The summed E-state index contributed by atoms with van der Waals surface area (Å²) >= 11 is 0. The van der Waals surface area contributed by atoms with E-state index in [0.717, 1.165) is 5.69 Å². The Bertz CT molecular complexity index is 523. The van der Waals surface area contributed by atoms with E-state index in [9.17, 15) is 4.79 Å². The first-order valence-electron chi connectivity index (χ1n) is 5.60. The third kappa shape index (κ3) is 2.92. The van der Waals surface area contributed by atoms with Crippen molar-refractivity contribution in [3.63, 3.8) is 0 Å². The SMILES string of the molecule is CC(O)CNC(=O)c1cccc(-n2ccnn2)c1. The van der Waals surface area contributed by atoms with Gasteiger partial charge in [-0.15, -0.1) is 5.10 Å². The number of nitrogens with one attached hydrogen (secondary N) is 1. The van der Waals surface area contributed by atoms with Crippen LogP contribution >= 0.6 is 0 Å². The lowest BCUT2D eigenvalue weighted by atomic mass is 10.2. The van der Waals surface area contributed by atoms with Crippen molar-refractivity contribution >= 4 is 5.91 Å². The molecule has 0 saturated heterocycles. The Morgan fingerprint density at radius 1 is 1.56 bits per heavy atom. The maximum atomic E-state index is 11.8. The lowest BCUT2D eigenvalue weighted by Gasteiger charge is -2.08. The molecule has 0 aliphatic carbocycles. The van der Waals surface area contributed by atoms with Crippen molar-refractivity contribution in [3.05, 3.63) is 42.2 Å². The zero-order chi connectivity index (χ0) is 13.0. The van der Waals surface area contributed by atoms with E-state index in [1.807, 2.05) is 6.07 Å². The van der Waals surface area contributed by atoms with Crippen LogP contribution in [0.1, 0.15) is 17.3 Å². The third-order valence-electron chi connectivity index (χ3n) is 2.35. The Hall–Kier alpha value is -2.21. The highest BCUT2D eigenvalue weighted by Gasteiger charge is 2.07. The maximum absolute atomic E-state index is 11.8. The molecule has 0 saturated carbocycles. The van der Waals surface area contributed by atoms with E-state index < -0.39 is 6.10 Å². The van der Waals surface area contributed by atoms with E-state index in [1.165, 1.54) is 0 Å². The van der Waals surface area contributed by atoms with Gasteiger partial charge in [-0.1, -0.05) is 11.3 Å². The van der Waals surface area contributed by atoms with Crippen molar-refractivity contribution in [2.75, 3.05) is 6.54 Å². The number of hydrogen-bond donors (Lipinski definition) is 2. The highest BCUT2D eigenvalue weighted by atomic mass is 16.3. The topological polar surface area (TPSA) is 80.0 Å². The smallest absolute Gasteiger partial charge is 0.251 e. The summed E-state index contributed by atoms with van der Waals surface area (Å²) < 4.78 is 1.57. The second kappa shape index (κ2) is 5.42. The number of amides is 1. The van der Waals surface area contributed by atoms with Gasteiger partial charge < -0.3 is 10.4 Å². The molecule has 1 aromatic carbocycles. The van der Waals surface area contributed by atoms with E-state index in [1.54, 1.807) is 42.2 Å². The summed E-state index contributed by atoms with van der Waals surface area (Å²) in [5.41, 5.74) is 1.28. The Balaban J connectivity index is 2.15. The van der Waals surface area contributed by atoms with Gasteiger partial charge in [0, 0.05) is 12.1 Å². The van der Waals surface area contributed by atoms with Gasteiger partial charge in [-0.05, 0) is 25.1 Å². The standard InChI is InChI=1S/C12H14N4O2/c1-9(17)8-13-12(18)10-3-2-4-11(7-10)16-6-5-14-15-16/h2-7,9,17H,8H2,1H3,(H,13,18). The molecule has 1 unspecified atom stereocenters. The minimum absolute atomic E-state index is 0.224. The lowest BCUT2D eigenvalue weighted by Crippen LogP contribution is -2.30. The van der Waals surface area contributed by atoms with Crippen molar-refractivity contribution in [3.8, 4) is 5.69 Å². The highest BCUT2D eigenvalue weighted by molar-refractivity contribution is 5.94. The van der Waals surface area contributed by atoms with Crippen LogP contribution in [0.25, 0.3) is 5.69 Å². The van der Waals surface area contributed by atoms with Gasteiger partial charge in [0.15, 0.2) is 0 Å². The van der Waals surface area contributed by atoms with Crippen LogP contribution in [0.15, 0.2) is 36.7 Å². The second-order valence-corrected chi connectivity index (χ2v) is 3.96. The Labute approximate surface area is 104 Å². The number of rotatable bonds is 4. The van der Waals surface area contributed by atoms with E-state index in [0.29, 0.717) is 5.56 Å².